The van der Waals surface area contributed by atoms with Gasteiger partial charge in [0.05, 0.1) is 0 Å². The molecule has 0 atom stereocenters. The lowest BCUT2D eigenvalue weighted by Gasteiger charge is -1.90. The highest BCUT2D eigenvalue weighted by Crippen LogP contribution is 1.92. The Morgan fingerprint density at radius 1 is 1.43 bits per heavy atom. The number of hydrogen-bond acceptors (Lipinski definition) is 2. The van der Waals surface area contributed by atoms with Crippen LogP contribution < -0.4 is 4.57 Å². The summed E-state index contributed by atoms with van der Waals surface area (Å²) in [5.41, 5.74) is 0.716. The second-order valence-electron chi connectivity index (χ2n) is 2.97. The minimum Gasteiger partial charge on any atom is -0.478 e. The Hall–Kier alpha value is -1.85. The van der Waals surface area contributed by atoms with Gasteiger partial charge in [0.25, 0.3) is 0 Å². The van der Waals surface area contributed by atoms with Gasteiger partial charge in [0.2, 0.25) is 6.33 Å². The lowest BCUT2D eigenvalue weighted by atomic mass is 10.5. The van der Waals surface area contributed by atoms with Crippen molar-refractivity contribution in [3.05, 3.63) is 18.2 Å². The fourth-order valence-electron chi connectivity index (χ4n) is 1.17. The van der Waals surface area contributed by atoms with Crippen molar-refractivity contribution < 1.29 is 24.4 Å². The summed E-state index contributed by atoms with van der Waals surface area (Å²) in [4.78, 5) is 20.8. The van der Waals surface area contributed by atoms with Gasteiger partial charge in [0, 0.05) is 6.92 Å². The normalized spacial score (nSPS) is 10.1. The molecule has 1 heterocycles. The van der Waals surface area contributed by atoms with Crippen LogP contribution in [0.4, 0.5) is 0 Å². The predicted octanol–water partition coefficient (Wildman–Crippen LogP) is -0.747. The van der Waals surface area contributed by atoms with Crippen LogP contribution in [0.15, 0.2) is 12.5 Å². The minimum atomic E-state index is -0.956. The van der Waals surface area contributed by atoms with Crippen LogP contribution in [0.25, 0.3) is 0 Å². The summed E-state index contributed by atoms with van der Waals surface area (Å²) in [7, 11) is 0. The Balaban J connectivity index is 2.81. The first-order valence-electron chi connectivity index (χ1n) is 3.98. The Morgan fingerprint density at radius 2 is 2.07 bits per heavy atom. The molecule has 0 amide bonds. The predicted molar refractivity (Wildman–Crippen MR) is 44.6 cm³/mol. The van der Waals surface area contributed by atoms with Gasteiger partial charge in [-0.05, 0) is 0 Å². The number of rotatable bonds is 4. The van der Waals surface area contributed by atoms with Crippen LogP contribution in [0.2, 0.25) is 0 Å². The van der Waals surface area contributed by atoms with E-state index in [2.05, 4.69) is 0 Å². The second kappa shape index (κ2) is 3.91. The van der Waals surface area contributed by atoms with Gasteiger partial charge in [-0.1, -0.05) is 0 Å². The van der Waals surface area contributed by atoms with Gasteiger partial charge in [-0.3, -0.25) is 0 Å². The zero-order chi connectivity index (χ0) is 10.7. The third kappa shape index (κ3) is 2.58. The molecule has 0 aliphatic heterocycles. The molecule has 0 aromatic carbocycles. The molecule has 14 heavy (non-hydrogen) atoms. The number of hydrogen-bond donors (Lipinski definition) is 2. The molecule has 1 aromatic heterocycles. The number of aryl methyl sites for hydroxylation is 1. The summed E-state index contributed by atoms with van der Waals surface area (Å²) in [6.07, 6.45) is 3.06. The van der Waals surface area contributed by atoms with Crippen LogP contribution in [0.3, 0.4) is 0 Å². The number of aliphatic carboxylic acids is 2. The fourth-order valence-corrected chi connectivity index (χ4v) is 1.17. The van der Waals surface area contributed by atoms with Crippen LogP contribution in [0, 0.1) is 6.92 Å². The van der Waals surface area contributed by atoms with Crippen molar-refractivity contribution in [3.8, 4) is 0 Å². The van der Waals surface area contributed by atoms with Crippen molar-refractivity contribution in [1.29, 1.82) is 0 Å². The Kier molecular flexibility index (Phi) is 2.85. The van der Waals surface area contributed by atoms with E-state index in [9.17, 15) is 9.59 Å². The van der Waals surface area contributed by atoms with Crippen molar-refractivity contribution in [2.75, 3.05) is 0 Å². The molecule has 2 N–H and O–H groups in total. The summed E-state index contributed by atoms with van der Waals surface area (Å²) in [5, 5.41) is 17.0. The van der Waals surface area contributed by atoms with Gasteiger partial charge in [0.15, 0.2) is 13.1 Å². The molecule has 0 bridgehead atoms. The molecule has 0 fully saturated rings. The van der Waals surface area contributed by atoms with E-state index in [1.807, 2.05) is 0 Å². The van der Waals surface area contributed by atoms with Crippen molar-refractivity contribution in [2.45, 2.75) is 20.0 Å². The van der Waals surface area contributed by atoms with Gasteiger partial charge in [0.1, 0.15) is 11.9 Å². The number of carboxylic acids is 2. The molecular formula is C8H11N2O4+. The third-order valence-corrected chi connectivity index (χ3v) is 1.72. The number of carbonyl (C=O) groups is 2. The number of aromatic nitrogens is 2. The Morgan fingerprint density at radius 3 is 2.57 bits per heavy atom. The molecule has 76 valence electrons. The molecule has 0 saturated heterocycles. The van der Waals surface area contributed by atoms with Crippen molar-refractivity contribution in [2.24, 2.45) is 0 Å². The van der Waals surface area contributed by atoms with Gasteiger partial charge in [-0.25, -0.2) is 18.7 Å². The minimum absolute atomic E-state index is 0.154. The molecule has 6 nitrogen and oxygen atoms in total. The quantitative estimate of drug-likeness (QED) is 0.625. The standard InChI is InChI=1S/C8H10N2O4/c1-6-2-9(3-7(11)12)5-10(6)4-8(13)14/h2,5H,3-4H2,1H3,(H-,11,12,13,14)/p+1. The fraction of sp³-hybridized carbons (Fsp3) is 0.375. The number of carboxylic acid groups (broad SMARTS) is 2. The van der Waals surface area contributed by atoms with E-state index in [1.165, 1.54) is 15.5 Å². The smallest absolute Gasteiger partial charge is 0.346 e. The van der Waals surface area contributed by atoms with Crippen LogP contribution in [-0.4, -0.2) is 26.7 Å². The van der Waals surface area contributed by atoms with E-state index in [0.29, 0.717) is 5.69 Å². The first-order chi connectivity index (χ1) is 6.49. The van der Waals surface area contributed by atoms with Crippen molar-refractivity contribution in [1.82, 2.24) is 4.57 Å². The molecule has 1 aromatic rings. The maximum atomic E-state index is 10.4. The number of imidazole rings is 1. The zero-order valence-electron chi connectivity index (χ0n) is 7.67. The van der Waals surface area contributed by atoms with Crippen LogP contribution in [0.5, 0.6) is 0 Å². The van der Waals surface area contributed by atoms with Crippen molar-refractivity contribution in [3.63, 3.8) is 0 Å². The Labute approximate surface area is 80.0 Å². The largest absolute Gasteiger partial charge is 0.478 e. The van der Waals surface area contributed by atoms with E-state index in [0.717, 1.165) is 0 Å². The van der Waals surface area contributed by atoms with Crippen LogP contribution in [0.1, 0.15) is 5.69 Å². The summed E-state index contributed by atoms with van der Waals surface area (Å²) < 4.78 is 2.91. The average molecular weight is 199 g/mol. The molecule has 1 rings (SSSR count). The highest BCUT2D eigenvalue weighted by molar-refractivity contribution is 5.66. The molecular weight excluding hydrogens is 188 g/mol. The number of nitrogens with zero attached hydrogens (tertiary/aromatic N) is 2. The highest BCUT2D eigenvalue weighted by Gasteiger charge is 2.14. The SMILES string of the molecule is Cc1cn(CC(=O)O)c[n+]1CC(=O)O. The third-order valence-electron chi connectivity index (χ3n) is 1.72. The lowest BCUT2D eigenvalue weighted by molar-refractivity contribution is -0.691. The molecule has 0 radical (unpaired) electrons. The van der Waals surface area contributed by atoms with Gasteiger partial charge in [-0.2, -0.15) is 0 Å². The van der Waals surface area contributed by atoms with Gasteiger partial charge < -0.3 is 10.2 Å². The second-order valence-corrected chi connectivity index (χ2v) is 2.97. The first kappa shape index (κ1) is 10.2. The van der Waals surface area contributed by atoms with Gasteiger partial charge >= 0.3 is 11.9 Å². The molecule has 0 spiro atoms. The highest BCUT2D eigenvalue weighted by atomic mass is 16.4. The Bertz CT molecular complexity index is 369. The maximum absolute atomic E-state index is 10.4. The average Bonchev–Trinajstić information content (AvgIpc) is 2.28. The van der Waals surface area contributed by atoms with Crippen LogP contribution in [-0.2, 0) is 22.7 Å². The van der Waals surface area contributed by atoms with Gasteiger partial charge in [-0.15, -0.1) is 0 Å². The molecule has 0 saturated carbocycles. The van der Waals surface area contributed by atoms with E-state index in [1.54, 1.807) is 13.1 Å². The van der Waals surface area contributed by atoms with E-state index < -0.39 is 11.9 Å². The summed E-state index contributed by atoms with van der Waals surface area (Å²) in [5.74, 6) is -1.91. The molecule has 0 unspecified atom stereocenters. The maximum Gasteiger partial charge on any atom is 0.346 e. The monoisotopic (exact) mass is 199 g/mol. The van der Waals surface area contributed by atoms with E-state index in [-0.39, 0.29) is 13.1 Å². The summed E-state index contributed by atoms with van der Waals surface area (Å²) in [6.45, 7) is 1.41. The van der Waals surface area contributed by atoms with E-state index in [4.69, 9.17) is 10.2 Å². The zero-order valence-corrected chi connectivity index (χ0v) is 7.67. The molecule has 0 aliphatic rings. The van der Waals surface area contributed by atoms with Crippen LogP contribution >= 0.6 is 0 Å². The summed E-state index contributed by atoms with van der Waals surface area (Å²) in [6, 6.07) is 0. The molecule has 6 heteroatoms. The topological polar surface area (TPSA) is 83.4 Å². The summed E-state index contributed by atoms with van der Waals surface area (Å²) >= 11 is 0. The molecule has 0 aliphatic carbocycles. The van der Waals surface area contributed by atoms with E-state index >= 15 is 0 Å². The lowest BCUT2D eigenvalue weighted by Crippen LogP contribution is -2.38. The van der Waals surface area contributed by atoms with Crippen molar-refractivity contribution >= 4 is 11.9 Å². The first-order valence-corrected chi connectivity index (χ1v) is 3.98.